The van der Waals surface area contributed by atoms with Crippen LogP contribution in [0.25, 0.3) is 0 Å². The fraction of sp³-hybridized carbons (Fsp3) is 0.714. The van der Waals surface area contributed by atoms with Gasteiger partial charge in [-0.3, -0.25) is 0 Å². The van der Waals surface area contributed by atoms with Crippen LogP contribution >= 0.6 is 0 Å². The first kappa shape index (κ1) is 12.5. The van der Waals surface area contributed by atoms with E-state index in [4.69, 9.17) is 0 Å². The van der Waals surface area contributed by atoms with Gasteiger partial charge in [-0.25, -0.2) is 0 Å². The maximum atomic E-state index is 10.3. The van der Waals surface area contributed by atoms with Gasteiger partial charge in [0.05, 0.1) is 6.10 Å². The van der Waals surface area contributed by atoms with Crippen molar-refractivity contribution in [2.24, 2.45) is 17.3 Å². The SMILES string of the molecule is C=CCC(C)C(O)C1CC=C(C)C1(C)C. The lowest BCUT2D eigenvalue weighted by Gasteiger charge is -2.35. The first-order chi connectivity index (χ1) is 6.91. The summed E-state index contributed by atoms with van der Waals surface area (Å²) in [7, 11) is 0. The van der Waals surface area contributed by atoms with E-state index in [-0.39, 0.29) is 11.5 Å². The molecule has 1 aliphatic rings. The van der Waals surface area contributed by atoms with Crippen molar-refractivity contribution < 1.29 is 5.11 Å². The van der Waals surface area contributed by atoms with Crippen molar-refractivity contribution in [3.05, 3.63) is 24.3 Å². The zero-order valence-corrected chi connectivity index (χ0v) is 10.5. The van der Waals surface area contributed by atoms with Crippen LogP contribution in [0.2, 0.25) is 0 Å². The molecule has 3 unspecified atom stereocenters. The van der Waals surface area contributed by atoms with E-state index >= 15 is 0 Å². The van der Waals surface area contributed by atoms with Crippen molar-refractivity contribution in [1.29, 1.82) is 0 Å². The first-order valence-corrected chi connectivity index (χ1v) is 5.87. The molecule has 0 aromatic carbocycles. The van der Waals surface area contributed by atoms with E-state index in [2.05, 4.69) is 40.3 Å². The van der Waals surface area contributed by atoms with E-state index in [1.54, 1.807) is 0 Å². The lowest BCUT2D eigenvalue weighted by molar-refractivity contribution is 0.0209. The zero-order valence-electron chi connectivity index (χ0n) is 10.5. The molecule has 1 rings (SSSR count). The van der Waals surface area contributed by atoms with Crippen LogP contribution in [0.3, 0.4) is 0 Å². The van der Waals surface area contributed by atoms with Crippen LogP contribution in [0.5, 0.6) is 0 Å². The third-order valence-corrected chi connectivity index (χ3v) is 4.16. The highest BCUT2D eigenvalue weighted by molar-refractivity contribution is 5.19. The number of aliphatic hydroxyl groups excluding tert-OH is 1. The first-order valence-electron chi connectivity index (χ1n) is 5.87. The Balaban J connectivity index is 2.70. The van der Waals surface area contributed by atoms with E-state index in [9.17, 15) is 5.11 Å². The summed E-state index contributed by atoms with van der Waals surface area (Å²) in [6.07, 6.45) is 5.87. The summed E-state index contributed by atoms with van der Waals surface area (Å²) in [5.74, 6) is 0.679. The Morgan fingerprint density at radius 1 is 1.67 bits per heavy atom. The van der Waals surface area contributed by atoms with Crippen molar-refractivity contribution in [2.75, 3.05) is 0 Å². The van der Waals surface area contributed by atoms with Crippen LogP contribution < -0.4 is 0 Å². The Bertz CT molecular complexity index is 263. The largest absolute Gasteiger partial charge is 0.393 e. The molecule has 1 aliphatic carbocycles. The Morgan fingerprint density at radius 2 is 2.27 bits per heavy atom. The Kier molecular flexibility index (Phi) is 3.77. The van der Waals surface area contributed by atoms with Crippen LogP contribution in [-0.2, 0) is 0 Å². The summed E-state index contributed by atoms with van der Waals surface area (Å²) < 4.78 is 0. The molecule has 0 heterocycles. The monoisotopic (exact) mass is 208 g/mol. The molecule has 0 fully saturated rings. The molecule has 0 spiro atoms. The standard InChI is InChI=1S/C14H24O/c1-6-7-10(2)13(15)12-9-8-11(3)14(12,4)5/h6,8,10,12-13,15H,1,7,9H2,2-5H3. The highest BCUT2D eigenvalue weighted by atomic mass is 16.3. The molecule has 1 nitrogen and oxygen atoms in total. The average Bonchev–Trinajstić information content (AvgIpc) is 2.41. The van der Waals surface area contributed by atoms with Gasteiger partial charge >= 0.3 is 0 Å². The summed E-state index contributed by atoms with van der Waals surface area (Å²) in [5.41, 5.74) is 1.56. The molecule has 1 heteroatoms. The minimum absolute atomic E-state index is 0.148. The summed E-state index contributed by atoms with van der Waals surface area (Å²) in [6.45, 7) is 12.5. The molecule has 0 aliphatic heterocycles. The summed E-state index contributed by atoms with van der Waals surface area (Å²) in [5, 5.41) is 10.3. The predicted octanol–water partition coefficient (Wildman–Crippen LogP) is 3.55. The van der Waals surface area contributed by atoms with Crippen molar-refractivity contribution in [1.82, 2.24) is 0 Å². The number of hydrogen-bond donors (Lipinski definition) is 1. The molecule has 0 saturated heterocycles. The molecule has 0 amide bonds. The molecule has 0 radical (unpaired) electrons. The van der Waals surface area contributed by atoms with Gasteiger partial charge in [0, 0.05) is 0 Å². The van der Waals surface area contributed by atoms with Crippen LogP contribution in [0.4, 0.5) is 0 Å². The second-order valence-electron chi connectivity index (χ2n) is 5.44. The molecular weight excluding hydrogens is 184 g/mol. The smallest absolute Gasteiger partial charge is 0.0608 e. The molecule has 3 atom stereocenters. The summed E-state index contributed by atoms with van der Waals surface area (Å²) in [6, 6.07) is 0. The van der Waals surface area contributed by atoms with E-state index in [1.165, 1.54) is 5.57 Å². The molecular formula is C14H24O. The minimum atomic E-state index is -0.216. The third-order valence-electron chi connectivity index (χ3n) is 4.16. The Labute approximate surface area is 93.9 Å². The van der Waals surface area contributed by atoms with Crippen molar-refractivity contribution >= 4 is 0 Å². The molecule has 0 aromatic heterocycles. The zero-order chi connectivity index (χ0) is 11.6. The molecule has 86 valence electrons. The van der Waals surface area contributed by atoms with Crippen molar-refractivity contribution in [3.8, 4) is 0 Å². The van der Waals surface area contributed by atoms with Gasteiger partial charge in [-0.1, -0.05) is 38.5 Å². The van der Waals surface area contributed by atoms with Gasteiger partial charge in [0.25, 0.3) is 0 Å². The number of rotatable bonds is 4. The molecule has 0 saturated carbocycles. The van der Waals surface area contributed by atoms with Crippen LogP contribution in [0, 0.1) is 17.3 Å². The molecule has 1 N–H and O–H groups in total. The Morgan fingerprint density at radius 3 is 2.67 bits per heavy atom. The van der Waals surface area contributed by atoms with Crippen molar-refractivity contribution in [2.45, 2.75) is 46.6 Å². The minimum Gasteiger partial charge on any atom is -0.393 e. The molecule has 0 aromatic rings. The van der Waals surface area contributed by atoms with Crippen LogP contribution in [-0.4, -0.2) is 11.2 Å². The van der Waals surface area contributed by atoms with Gasteiger partial charge in [0.15, 0.2) is 0 Å². The van der Waals surface area contributed by atoms with E-state index in [0.29, 0.717) is 11.8 Å². The molecule has 0 bridgehead atoms. The number of aliphatic hydroxyl groups is 1. The maximum Gasteiger partial charge on any atom is 0.0608 e. The van der Waals surface area contributed by atoms with Gasteiger partial charge < -0.3 is 5.11 Å². The van der Waals surface area contributed by atoms with E-state index in [1.807, 2.05) is 6.08 Å². The Hall–Kier alpha value is -0.560. The van der Waals surface area contributed by atoms with Gasteiger partial charge in [-0.05, 0) is 37.0 Å². The highest BCUT2D eigenvalue weighted by Gasteiger charge is 2.40. The maximum absolute atomic E-state index is 10.3. The fourth-order valence-corrected chi connectivity index (χ4v) is 2.52. The average molecular weight is 208 g/mol. The summed E-state index contributed by atoms with van der Waals surface area (Å²) >= 11 is 0. The second-order valence-corrected chi connectivity index (χ2v) is 5.44. The number of hydrogen-bond acceptors (Lipinski definition) is 1. The van der Waals surface area contributed by atoms with Crippen molar-refractivity contribution in [3.63, 3.8) is 0 Å². The molecule has 15 heavy (non-hydrogen) atoms. The van der Waals surface area contributed by atoms with E-state index < -0.39 is 0 Å². The van der Waals surface area contributed by atoms with Gasteiger partial charge in [0.1, 0.15) is 0 Å². The van der Waals surface area contributed by atoms with Gasteiger partial charge in [-0.15, -0.1) is 6.58 Å². The van der Waals surface area contributed by atoms with Gasteiger partial charge in [0.2, 0.25) is 0 Å². The second kappa shape index (κ2) is 4.52. The quantitative estimate of drug-likeness (QED) is 0.700. The van der Waals surface area contributed by atoms with Gasteiger partial charge in [-0.2, -0.15) is 0 Å². The predicted molar refractivity (Wildman–Crippen MR) is 65.6 cm³/mol. The van der Waals surface area contributed by atoms with Crippen LogP contribution in [0.1, 0.15) is 40.5 Å². The van der Waals surface area contributed by atoms with Crippen LogP contribution in [0.15, 0.2) is 24.3 Å². The van der Waals surface area contributed by atoms with E-state index in [0.717, 1.165) is 12.8 Å². The lowest BCUT2D eigenvalue weighted by Crippen LogP contribution is -2.35. The normalized spacial score (nSPS) is 28.3. The number of allylic oxidation sites excluding steroid dienone is 3. The highest BCUT2D eigenvalue weighted by Crippen LogP contribution is 2.46. The lowest BCUT2D eigenvalue weighted by atomic mass is 9.72. The fourth-order valence-electron chi connectivity index (χ4n) is 2.52. The third kappa shape index (κ3) is 2.34. The topological polar surface area (TPSA) is 20.2 Å². The summed E-state index contributed by atoms with van der Waals surface area (Å²) in [4.78, 5) is 0.